The van der Waals surface area contributed by atoms with Crippen LogP contribution < -0.4 is 9.47 Å². The van der Waals surface area contributed by atoms with Gasteiger partial charge in [-0.1, -0.05) is 121 Å². The molecule has 0 spiro atoms. The summed E-state index contributed by atoms with van der Waals surface area (Å²) >= 11 is 0. The lowest BCUT2D eigenvalue weighted by molar-refractivity contribution is 0.0590. The van der Waals surface area contributed by atoms with Gasteiger partial charge in [0, 0.05) is 17.5 Å². The summed E-state index contributed by atoms with van der Waals surface area (Å²) in [4.78, 5) is 28.5. The number of para-hydroxylation sites is 2. The van der Waals surface area contributed by atoms with E-state index in [1.807, 2.05) is 146 Å². The van der Waals surface area contributed by atoms with E-state index in [4.69, 9.17) is 9.47 Å². The number of carbonyl (C=O) groups is 2. The average molecular weight is 537 g/mol. The molecule has 0 aliphatic carbocycles. The van der Waals surface area contributed by atoms with E-state index >= 15 is 0 Å². The van der Waals surface area contributed by atoms with Crippen LogP contribution in [0.4, 0.5) is 0 Å². The number of hydrogen-bond acceptors (Lipinski definition) is 4. The predicted molar refractivity (Wildman–Crippen MR) is 163 cm³/mol. The van der Waals surface area contributed by atoms with Crippen LogP contribution >= 0.6 is 0 Å². The molecule has 41 heavy (non-hydrogen) atoms. The Hall–Kier alpha value is -5.22. The first kappa shape index (κ1) is 26.0. The molecule has 4 nitrogen and oxygen atoms in total. The van der Waals surface area contributed by atoms with Crippen molar-refractivity contribution in [1.29, 1.82) is 0 Å². The lowest BCUT2D eigenvalue weighted by Crippen LogP contribution is -2.38. The van der Waals surface area contributed by atoms with Crippen LogP contribution in [-0.4, -0.2) is 23.8 Å². The van der Waals surface area contributed by atoms with E-state index < -0.39 is 12.2 Å². The van der Waals surface area contributed by atoms with Gasteiger partial charge < -0.3 is 9.47 Å². The van der Waals surface area contributed by atoms with Crippen molar-refractivity contribution < 1.29 is 19.1 Å². The quantitative estimate of drug-likeness (QED) is 0.165. The number of ketones is 2. The molecule has 0 saturated heterocycles. The zero-order valence-corrected chi connectivity index (χ0v) is 22.4. The molecule has 0 aromatic heterocycles. The number of benzene rings is 6. The van der Waals surface area contributed by atoms with E-state index in [0.29, 0.717) is 22.6 Å². The number of rotatable bonds is 10. The fraction of sp³-hybridized carbons (Fsp3) is 0.0811. The van der Waals surface area contributed by atoms with Crippen molar-refractivity contribution in [2.45, 2.75) is 18.6 Å². The van der Waals surface area contributed by atoms with Crippen molar-refractivity contribution in [3.63, 3.8) is 0 Å². The first-order valence-electron chi connectivity index (χ1n) is 13.6. The fourth-order valence-corrected chi connectivity index (χ4v) is 5.17. The van der Waals surface area contributed by atoms with Crippen LogP contribution in [0.1, 0.15) is 27.1 Å². The van der Waals surface area contributed by atoms with E-state index in [9.17, 15) is 9.59 Å². The van der Waals surface area contributed by atoms with Gasteiger partial charge >= 0.3 is 0 Å². The Morgan fingerprint density at radius 1 is 0.439 bits per heavy atom. The van der Waals surface area contributed by atoms with Crippen molar-refractivity contribution in [1.82, 2.24) is 0 Å². The molecule has 0 amide bonds. The maximum absolute atomic E-state index is 14.2. The van der Waals surface area contributed by atoms with Crippen molar-refractivity contribution in [3.8, 4) is 11.5 Å². The minimum atomic E-state index is -0.976. The van der Waals surface area contributed by atoms with Gasteiger partial charge in [0.05, 0.1) is 0 Å². The van der Waals surface area contributed by atoms with Crippen molar-refractivity contribution in [2.75, 3.05) is 0 Å². The molecule has 200 valence electrons. The number of carbonyl (C=O) groups excluding carboxylic acids is 2. The normalized spacial score (nSPS) is 12.5. The van der Waals surface area contributed by atoms with E-state index in [1.54, 1.807) is 0 Å². The number of Topliss-reactive ketones (excluding diaryl/α,β-unsaturated/α-hetero) is 2. The van der Waals surface area contributed by atoms with Crippen molar-refractivity contribution in [3.05, 3.63) is 157 Å². The van der Waals surface area contributed by atoms with E-state index in [-0.39, 0.29) is 18.0 Å². The smallest absolute Gasteiger partial charge is 0.204 e. The molecule has 0 saturated carbocycles. The molecule has 2 unspecified atom stereocenters. The lowest BCUT2D eigenvalue weighted by Gasteiger charge is -2.25. The first-order valence-corrected chi connectivity index (χ1v) is 13.6. The van der Waals surface area contributed by atoms with Crippen LogP contribution in [0, 0.1) is 0 Å². The second kappa shape index (κ2) is 11.9. The van der Waals surface area contributed by atoms with Gasteiger partial charge in [-0.05, 0) is 45.8 Å². The second-order valence-corrected chi connectivity index (χ2v) is 9.86. The predicted octanol–water partition coefficient (Wildman–Crippen LogP) is 8.34. The van der Waals surface area contributed by atoms with Crippen LogP contribution in [0.3, 0.4) is 0 Å². The molecular formula is C37H28O4. The summed E-state index contributed by atoms with van der Waals surface area (Å²) in [6.45, 7) is 0. The Balaban J connectivity index is 1.42. The lowest BCUT2D eigenvalue weighted by atomic mass is 9.92. The summed E-state index contributed by atoms with van der Waals surface area (Å²) in [5.74, 6) is 0.667. The Bertz CT molecular complexity index is 1670. The van der Waals surface area contributed by atoms with Gasteiger partial charge in [0.25, 0.3) is 0 Å². The highest BCUT2D eigenvalue weighted by atomic mass is 16.5. The number of fused-ring (bicyclic) bond motifs is 2. The Kier molecular flexibility index (Phi) is 7.55. The molecule has 0 heterocycles. The SMILES string of the molecule is O=C(c1cccc2ccccc12)C(CC(Oc1ccccc1)C(=O)c1cccc2ccccc12)Oc1ccccc1. The van der Waals surface area contributed by atoms with Gasteiger partial charge in [-0.2, -0.15) is 0 Å². The summed E-state index contributed by atoms with van der Waals surface area (Å²) < 4.78 is 12.7. The molecule has 2 atom stereocenters. The summed E-state index contributed by atoms with van der Waals surface area (Å²) in [6.07, 6.45) is -1.93. The van der Waals surface area contributed by atoms with Crippen LogP contribution in [0.25, 0.3) is 21.5 Å². The van der Waals surface area contributed by atoms with Gasteiger partial charge in [0.15, 0.2) is 12.2 Å². The highest BCUT2D eigenvalue weighted by molar-refractivity contribution is 6.12. The van der Waals surface area contributed by atoms with E-state index in [1.165, 1.54) is 0 Å². The zero-order valence-electron chi connectivity index (χ0n) is 22.4. The summed E-state index contributed by atoms with van der Waals surface area (Å²) in [5.41, 5.74) is 1.08. The van der Waals surface area contributed by atoms with Crippen LogP contribution in [0.2, 0.25) is 0 Å². The number of hydrogen-bond donors (Lipinski definition) is 0. The van der Waals surface area contributed by atoms with Gasteiger partial charge in [0.1, 0.15) is 11.5 Å². The van der Waals surface area contributed by atoms with E-state index in [2.05, 4.69) is 0 Å². The molecule has 0 aliphatic heterocycles. The van der Waals surface area contributed by atoms with Gasteiger partial charge in [0.2, 0.25) is 11.6 Å². The van der Waals surface area contributed by atoms with Gasteiger partial charge in [-0.15, -0.1) is 0 Å². The standard InChI is InChI=1S/C37H28O4/c38-36(32-23-11-15-26-13-7-9-21-30(26)32)34(40-28-17-3-1-4-18-28)25-35(41-29-19-5-2-6-20-29)37(39)33-24-12-16-27-14-8-10-22-31(27)33/h1-24,34-35H,25H2. The van der Waals surface area contributed by atoms with Crippen LogP contribution in [0.5, 0.6) is 11.5 Å². The molecule has 6 aromatic rings. The Labute approximate surface area is 238 Å². The average Bonchev–Trinajstić information content (AvgIpc) is 3.04. The maximum atomic E-state index is 14.2. The van der Waals surface area contributed by atoms with E-state index in [0.717, 1.165) is 21.5 Å². The molecule has 0 bridgehead atoms. The highest BCUT2D eigenvalue weighted by Crippen LogP contribution is 2.27. The van der Waals surface area contributed by atoms with Crippen molar-refractivity contribution >= 4 is 33.1 Å². The minimum absolute atomic E-state index is 0.0217. The third-order valence-corrected chi connectivity index (χ3v) is 7.17. The second-order valence-electron chi connectivity index (χ2n) is 9.86. The Morgan fingerprint density at radius 2 is 0.805 bits per heavy atom. The molecule has 0 N–H and O–H groups in total. The Morgan fingerprint density at radius 3 is 1.24 bits per heavy atom. The monoisotopic (exact) mass is 536 g/mol. The fourth-order valence-electron chi connectivity index (χ4n) is 5.17. The summed E-state index contributed by atoms with van der Waals surface area (Å²) in [6, 6.07) is 45.3. The molecule has 0 aliphatic rings. The topological polar surface area (TPSA) is 52.6 Å². The molecule has 4 heteroatoms. The highest BCUT2D eigenvalue weighted by Gasteiger charge is 2.33. The van der Waals surface area contributed by atoms with Crippen LogP contribution in [-0.2, 0) is 0 Å². The largest absolute Gasteiger partial charge is 0.482 e. The zero-order chi connectivity index (χ0) is 28.0. The van der Waals surface area contributed by atoms with Crippen LogP contribution in [0.15, 0.2) is 146 Å². The van der Waals surface area contributed by atoms with Gasteiger partial charge in [-0.25, -0.2) is 0 Å². The summed E-state index contributed by atoms with van der Waals surface area (Å²) in [5, 5.41) is 3.59. The molecule has 0 radical (unpaired) electrons. The third-order valence-electron chi connectivity index (χ3n) is 7.17. The molecular weight excluding hydrogens is 508 g/mol. The number of ether oxygens (including phenoxy) is 2. The first-order chi connectivity index (χ1) is 20.2. The summed E-state index contributed by atoms with van der Waals surface area (Å²) in [7, 11) is 0. The third kappa shape index (κ3) is 5.73. The maximum Gasteiger partial charge on any atom is 0.204 e. The molecule has 6 rings (SSSR count). The molecule has 6 aromatic carbocycles. The van der Waals surface area contributed by atoms with Crippen molar-refractivity contribution in [2.24, 2.45) is 0 Å². The molecule has 0 fully saturated rings. The van der Waals surface area contributed by atoms with Gasteiger partial charge in [-0.3, -0.25) is 9.59 Å². The minimum Gasteiger partial charge on any atom is -0.482 e.